The van der Waals surface area contributed by atoms with Crippen LogP contribution in [-0.4, -0.2) is 36.6 Å². The van der Waals surface area contributed by atoms with Crippen molar-refractivity contribution in [3.8, 4) is 0 Å². The number of hydrogen-bond donors (Lipinski definition) is 1. The summed E-state index contributed by atoms with van der Waals surface area (Å²) in [5.41, 5.74) is 0. The Morgan fingerprint density at radius 2 is 2.06 bits per heavy atom. The number of hydrogen-bond acceptors (Lipinski definition) is 2. The van der Waals surface area contributed by atoms with Crippen molar-refractivity contribution >= 4 is 0 Å². The van der Waals surface area contributed by atoms with Gasteiger partial charge in [-0.05, 0) is 31.7 Å². The second kappa shape index (κ2) is 7.29. The van der Waals surface area contributed by atoms with Gasteiger partial charge in [0.25, 0.3) is 0 Å². The molecule has 96 valence electrons. The largest absolute Gasteiger partial charge is 0.311 e. The van der Waals surface area contributed by atoms with E-state index in [-0.39, 0.29) is 0 Å². The van der Waals surface area contributed by atoms with Gasteiger partial charge in [-0.1, -0.05) is 34.1 Å². The first kappa shape index (κ1) is 14.0. The molecular formula is C14H30N2. The van der Waals surface area contributed by atoms with Crippen LogP contribution in [0, 0.1) is 5.92 Å². The molecule has 0 amide bonds. The van der Waals surface area contributed by atoms with Crippen LogP contribution in [0.5, 0.6) is 0 Å². The summed E-state index contributed by atoms with van der Waals surface area (Å²) in [5, 5.41) is 3.72. The summed E-state index contributed by atoms with van der Waals surface area (Å²) in [6.45, 7) is 13.0. The Balaban J connectivity index is 2.41. The highest BCUT2D eigenvalue weighted by atomic mass is 15.2. The second-order valence-electron chi connectivity index (χ2n) is 5.65. The van der Waals surface area contributed by atoms with Crippen molar-refractivity contribution in [3.63, 3.8) is 0 Å². The van der Waals surface area contributed by atoms with Crippen LogP contribution < -0.4 is 5.32 Å². The monoisotopic (exact) mass is 226 g/mol. The summed E-state index contributed by atoms with van der Waals surface area (Å²) in [6, 6.07) is 1.50. The van der Waals surface area contributed by atoms with Crippen molar-refractivity contribution in [2.75, 3.05) is 19.6 Å². The van der Waals surface area contributed by atoms with E-state index in [1.165, 1.54) is 45.3 Å². The minimum atomic E-state index is 0.722. The molecule has 0 saturated carbocycles. The molecule has 2 atom stereocenters. The van der Waals surface area contributed by atoms with Crippen molar-refractivity contribution in [2.24, 2.45) is 5.92 Å². The molecule has 0 aromatic heterocycles. The van der Waals surface area contributed by atoms with Crippen molar-refractivity contribution < 1.29 is 0 Å². The van der Waals surface area contributed by atoms with Gasteiger partial charge >= 0.3 is 0 Å². The third-order valence-electron chi connectivity index (χ3n) is 3.64. The van der Waals surface area contributed by atoms with Gasteiger partial charge in [0, 0.05) is 25.2 Å². The Morgan fingerprint density at radius 3 is 2.62 bits per heavy atom. The summed E-state index contributed by atoms with van der Waals surface area (Å²) in [7, 11) is 0. The molecule has 1 aliphatic rings. The van der Waals surface area contributed by atoms with Gasteiger partial charge in [0.05, 0.1) is 0 Å². The van der Waals surface area contributed by atoms with E-state index in [9.17, 15) is 0 Å². The van der Waals surface area contributed by atoms with E-state index in [0.717, 1.165) is 18.0 Å². The van der Waals surface area contributed by atoms with E-state index < -0.39 is 0 Å². The Hall–Kier alpha value is -0.0800. The average molecular weight is 226 g/mol. The third-order valence-corrected chi connectivity index (χ3v) is 3.64. The highest BCUT2D eigenvalue weighted by Crippen LogP contribution is 2.15. The lowest BCUT2D eigenvalue weighted by Gasteiger charge is -2.40. The van der Waals surface area contributed by atoms with Crippen LogP contribution in [-0.2, 0) is 0 Å². The molecule has 1 N–H and O–H groups in total. The SMILES string of the molecule is CCCCN1CC(CC(C)C)NCC1CC. The normalized spacial score (nSPS) is 27.6. The number of rotatable bonds is 6. The molecular weight excluding hydrogens is 196 g/mol. The van der Waals surface area contributed by atoms with Gasteiger partial charge in [-0.15, -0.1) is 0 Å². The maximum atomic E-state index is 3.72. The maximum Gasteiger partial charge on any atom is 0.0218 e. The molecule has 2 unspecified atom stereocenters. The predicted octanol–water partition coefficient (Wildman–Crippen LogP) is 2.89. The van der Waals surface area contributed by atoms with Crippen LogP contribution in [0.25, 0.3) is 0 Å². The van der Waals surface area contributed by atoms with E-state index in [4.69, 9.17) is 0 Å². The van der Waals surface area contributed by atoms with Crippen LogP contribution >= 0.6 is 0 Å². The quantitative estimate of drug-likeness (QED) is 0.749. The Labute approximate surface area is 102 Å². The van der Waals surface area contributed by atoms with Crippen molar-refractivity contribution in [1.82, 2.24) is 10.2 Å². The lowest BCUT2D eigenvalue weighted by molar-refractivity contribution is 0.117. The zero-order valence-electron chi connectivity index (χ0n) is 11.6. The van der Waals surface area contributed by atoms with Crippen molar-refractivity contribution in [2.45, 2.75) is 65.5 Å². The Morgan fingerprint density at radius 1 is 1.31 bits per heavy atom. The number of nitrogens with zero attached hydrogens (tertiary/aromatic N) is 1. The molecule has 0 aromatic rings. The van der Waals surface area contributed by atoms with Crippen LogP contribution in [0.3, 0.4) is 0 Å². The number of unbranched alkanes of at least 4 members (excludes halogenated alkanes) is 1. The summed E-state index contributed by atoms with van der Waals surface area (Å²) >= 11 is 0. The highest BCUT2D eigenvalue weighted by Gasteiger charge is 2.26. The van der Waals surface area contributed by atoms with Gasteiger partial charge in [-0.25, -0.2) is 0 Å². The van der Waals surface area contributed by atoms with Gasteiger partial charge in [0.15, 0.2) is 0 Å². The van der Waals surface area contributed by atoms with E-state index in [1.807, 2.05) is 0 Å². The minimum absolute atomic E-state index is 0.722. The van der Waals surface area contributed by atoms with Gasteiger partial charge in [-0.2, -0.15) is 0 Å². The first-order chi connectivity index (χ1) is 7.67. The Bertz CT molecular complexity index is 180. The third kappa shape index (κ3) is 4.42. The minimum Gasteiger partial charge on any atom is -0.311 e. The van der Waals surface area contributed by atoms with Crippen molar-refractivity contribution in [3.05, 3.63) is 0 Å². The molecule has 2 nitrogen and oxygen atoms in total. The standard InChI is InChI=1S/C14H30N2/c1-5-7-8-16-11-13(9-12(3)4)15-10-14(16)6-2/h12-15H,5-11H2,1-4H3. The first-order valence-electron chi connectivity index (χ1n) is 7.14. The fourth-order valence-electron chi connectivity index (χ4n) is 2.69. The van der Waals surface area contributed by atoms with E-state index >= 15 is 0 Å². The summed E-state index contributed by atoms with van der Waals surface area (Å²) in [6.07, 6.45) is 5.27. The first-order valence-corrected chi connectivity index (χ1v) is 7.14. The van der Waals surface area contributed by atoms with Gasteiger partial charge < -0.3 is 5.32 Å². The molecule has 0 spiro atoms. The predicted molar refractivity (Wildman–Crippen MR) is 71.8 cm³/mol. The smallest absolute Gasteiger partial charge is 0.0218 e. The molecule has 0 bridgehead atoms. The molecule has 1 saturated heterocycles. The molecule has 16 heavy (non-hydrogen) atoms. The van der Waals surface area contributed by atoms with E-state index in [0.29, 0.717) is 0 Å². The molecule has 1 fully saturated rings. The molecule has 0 aliphatic carbocycles. The lowest BCUT2D eigenvalue weighted by Crippen LogP contribution is -2.56. The number of piperazine rings is 1. The fourth-order valence-corrected chi connectivity index (χ4v) is 2.69. The van der Waals surface area contributed by atoms with Crippen LogP contribution in [0.1, 0.15) is 53.4 Å². The van der Waals surface area contributed by atoms with Crippen molar-refractivity contribution in [1.29, 1.82) is 0 Å². The maximum absolute atomic E-state index is 3.72. The second-order valence-corrected chi connectivity index (χ2v) is 5.65. The summed E-state index contributed by atoms with van der Waals surface area (Å²) in [5.74, 6) is 0.809. The zero-order valence-corrected chi connectivity index (χ0v) is 11.6. The van der Waals surface area contributed by atoms with Crippen LogP contribution in [0.2, 0.25) is 0 Å². The lowest BCUT2D eigenvalue weighted by atomic mass is 9.98. The van der Waals surface area contributed by atoms with Gasteiger partial charge in [0.1, 0.15) is 0 Å². The van der Waals surface area contributed by atoms with Crippen LogP contribution in [0.4, 0.5) is 0 Å². The van der Waals surface area contributed by atoms with Gasteiger partial charge in [-0.3, -0.25) is 4.90 Å². The van der Waals surface area contributed by atoms with E-state index in [1.54, 1.807) is 0 Å². The fraction of sp³-hybridized carbons (Fsp3) is 1.00. The molecule has 1 aliphatic heterocycles. The van der Waals surface area contributed by atoms with Gasteiger partial charge in [0.2, 0.25) is 0 Å². The molecule has 2 heteroatoms. The summed E-state index contributed by atoms with van der Waals surface area (Å²) in [4.78, 5) is 2.72. The van der Waals surface area contributed by atoms with Crippen LogP contribution in [0.15, 0.2) is 0 Å². The molecule has 0 aromatic carbocycles. The highest BCUT2D eigenvalue weighted by molar-refractivity contribution is 4.85. The Kier molecular flexibility index (Phi) is 6.37. The molecule has 0 radical (unpaired) electrons. The molecule has 1 heterocycles. The molecule has 1 rings (SSSR count). The zero-order chi connectivity index (χ0) is 12.0. The summed E-state index contributed by atoms with van der Waals surface area (Å²) < 4.78 is 0. The number of nitrogens with one attached hydrogen (secondary N) is 1. The van der Waals surface area contributed by atoms with E-state index in [2.05, 4.69) is 37.9 Å². The average Bonchev–Trinajstić information content (AvgIpc) is 2.25. The topological polar surface area (TPSA) is 15.3 Å².